The van der Waals surface area contributed by atoms with E-state index in [1.165, 1.54) is 32.1 Å². The molecule has 6 atom stereocenters. The number of hydrogen-bond acceptors (Lipinski definition) is 2. The van der Waals surface area contributed by atoms with E-state index in [4.69, 9.17) is 9.47 Å². The van der Waals surface area contributed by atoms with Crippen LogP contribution in [0.2, 0.25) is 0 Å². The first kappa shape index (κ1) is 12.0. The van der Waals surface area contributed by atoms with Crippen molar-refractivity contribution >= 4 is 0 Å². The Morgan fingerprint density at radius 3 is 2.76 bits per heavy atom. The Hall–Kier alpha value is -0.0800. The third kappa shape index (κ3) is 1.84. The molecule has 1 spiro atoms. The van der Waals surface area contributed by atoms with Gasteiger partial charge in [-0.15, -0.1) is 0 Å². The standard InChI is InChI=1S/C15H26O2/c1-4-5-12-6-7-14-15(17-12)8-10(2)11(3)13(9-15)16-14/h10-14H,4-9H2,1-3H3/t10-,11?,12+,13+,14+,15+/m1/s1. The van der Waals surface area contributed by atoms with Gasteiger partial charge >= 0.3 is 0 Å². The van der Waals surface area contributed by atoms with Crippen molar-refractivity contribution in [1.29, 1.82) is 0 Å². The fraction of sp³-hybridized carbons (Fsp3) is 1.00. The number of ether oxygens (including phenoxy) is 2. The maximum absolute atomic E-state index is 6.50. The second-order valence-corrected chi connectivity index (χ2v) is 6.58. The molecular formula is C15H26O2. The van der Waals surface area contributed by atoms with Gasteiger partial charge in [-0.05, 0) is 37.5 Å². The molecule has 1 unspecified atom stereocenters. The zero-order chi connectivity index (χ0) is 12.0. The molecule has 3 rings (SSSR count). The first-order valence-electron chi connectivity index (χ1n) is 7.48. The normalized spacial score (nSPS) is 53.5. The van der Waals surface area contributed by atoms with Crippen LogP contribution in [0.1, 0.15) is 59.3 Å². The van der Waals surface area contributed by atoms with Crippen LogP contribution in [0.15, 0.2) is 0 Å². The summed E-state index contributed by atoms with van der Waals surface area (Å²) >= 11 is 0. The number of fused-ring (bicyclic) bond motifs is 1. The minimum absolute atomic E-state index is 0.0919. The van der Waals surface area contributed by atoms with E-state index in [-0.39, 0.29) is 5.60 Å². The lowest BCUT2D eigenvalue weighted by atomic mass is 9.70. The second kappa shape index (κ2) is 4.24. The van der Waals surface area contributed by atoms with Crippen molar-refractivity contribution in [2.75, 3.05) is 0 Å². The molecule has 0 aromatic rings. The van der Waals surface area contributed by atoms with E-state index in [1.54, 1.807) is 0 Å². The lowest BCUT2D eigenvalue weighted by molar-refractivity contribution is -0.170. The van der Waals surface area contributed by atoms with Crippen LogP contribution in [0.4, 0.5) is 0 Å². The van der Waals surface area contributed by atoms with Crippen LogP contribution in [0.3, 0.4) is 0 Å². The predicted octanol–water partition coefficient (Wildman–Crippen LogP) is 3.54. The van der Waals surface area contributed by atoms with Crippen LogP contribution >= 0.6 is 0 Å². The summed E-state index contributed by atoms with van der Waals surface area (Å²) in [6, 6.07) is 0. The smallest absolute Gasteiger partial charge is 0.0974 e. The van der Waals surface area contributed by atoms with Gasteiger partial charge in [0.1, 0.15) is 0 Å². The molecule has 1 aliphatic carbocycles. The average Bonchev–Trinajstić information content (AvgIpc) is 2.61. The first-order chi connectivity index (χ1) is 8.14. The van der Waals surface area contributed by atoms with Crippen molar-refractivity contribution in [3.8, 4) is 0 Å². The highest BCUT2D eigenvalue weighted by molar-refractivity contribution is 5.07. The molecule has 3 fully saturated rings. The van der Waals surface area contributed by atoms with Crippen LogP contribution in [-0.2, 0) is 9.47 Å². The van der Waals surface area contributed by atoms with Gasteiger partial charge in [0.25, 0.3) is 0 Å². The molecule has 1 saturated carbocycles. The van der Waals surface area contributed by atoms with Gasteiger partial charge in [0, 0.05) is 6.42 Å². The van der Waals surface area contributed by atoms with Crippen molar-refractivity contribution in [2.45, 2.75) is 83.2 Å². The summed E-state index contributed by atoms with van der Waals surface area (Å²) in [7, 11) is 0. The van der Waals surface area contributed by atoms with Gasteiger partial charge in [-0.25, -0.2) is 0 Å². The third-order valence-electron chi connectivity index (χ3n) is 5.39. The SMILES string of the molecule is CCC[C@H]1CC[C@@H]2O[C@H]3C[C@]2(C[C@@H](C)C3C)O1. The molecule has 3 aliphatic rings. The summed E-state index contributed by atoms with van der Waals surface area (Å²) < 4.78 is 12.8. The van der Waals surface area contributed by atoms with Gasteiger partial charge in [-0.1, -0.05) is 27.2 Å². The molecular weight excluding hydrogens is 212 g/mol. The molecule has 0 aromatic heterocycles. The van der Waals surface area contributed by atoms with E-state index in [9.17, 15) is 0 Å². The molecule has 2 aliphatic heterocycles. The summed E-state index contributed by atoms with van der Waals surface area (Å²) in [6.45, 7) is 6.98. The highest BCUT2D eigenvalue weighted by atomic mass is 16.6. The van der Waals surface area contributed by atoms with E-state index in [0.29, 0.717) is 24.2 Å². The minimum Gasteiger partial charge on any atom is -0.372 e. The van der Waals surface area contributed by atoms with Crippen molar-refractivity contribution in [3.05, 3.63) is 0 Å². The Kier molecular flexibility index (Phi) is 2.99. The zero-order valence-electron chi connectivity index (χ0n) is 11.4. The fourth-order valence-electron chi connectivity index (χ4n) is 4.23. The quantitative estimate of drug-likeness (QED) is 0.732. The Morgan fingerprint density at radius 2 is 2.00 bits per heavy atom. The Balaban J connectivity index is 1.78. The van der Waals surface area contributed by atoms with Gasteiger partial charge in [0.2, 0.25) is 0 Å². The maximum atomic E-state index is 6.50. The molecule has 0 N–H and O–H groups in total. The first-order valence-corrected chi connectivity index (χ1v) is 7.48. The molecule has 0 amide bonds. The van der Waals surface area contributed by atoms with Crippen LogP contribution in [0, 0.1) is 11.8 Å². The Labute approximate surface area is 105 Å². The van der Waals surface area contributed by atoms with Gasteiger partial charge < -0.3 is 9.47 Å². The minimum atomic E-state index is 0.0919. The van der Waals surface area contributed by atoms with E-state index in [1.807, 2.05) is 0 Å². The van der Waals surface area contributed by atoms with Gasteiger partial charge in [-0.2, -0.15) is 0 Å². The van der Waals surface area contributed by atoms with Crippen molar-refractivity contribution in [1.82, 2.24) is 0 Å². The van der Waals surface area contributed by atoms with E-state index >= 15 is 0 Å². The summed E-state index contributed by atoms with van der Waals surface area (Å²) in [6.07, 6.45) is 8.62. The van der Waals surface area contributed by atoms with Crippen LogP contribution in [-0.4, -0.2) is 23.9 Å². The van der Waals surface area contributed by atoms with Crippen molar-refractivity contribution in [3.63, 3.8) is 0 Å². The average molecular weight is 238 g/mol. The molecule has 2 heteroatoms. The summed E-state index contributed by atoms with van der Waals surface area (Å²) in [4.78, 5) is 0. The topological polar surface area (TPSA) is 18.5 Å². The van der Waals surface area contributed by atoms with Gasteiger partial charge in [0.05, 0.1) is 23.9 Å². The molecule has 2 heterocycles. The van der Waals surface area contributed by atoms with E-state index < -0.39 is 0 Å². The van der Waals surface area contributed by atoms with Crippen molar-refractivity contribution < 1.29 is 9.47 Å². The molecule has 2 bridgehead atoms. The third-order valence-corrected chi connectivity index (χ3v) is 5.39. The fourth-order valence-corrected chi connectivity index (χ4v) is 4.23. The number of rotatable bonds is 2. The van der Waals surface area contributed by atoms with Crippen LogP contribution in [0.5, 0.6) is 0 Å². The number of hydrogen-bond donors (Lipinski definition) is 0. The summed E-state index contributed by atoms with van der Waals surface area (Å²) in [5.74, 6) is 1.46. The van der Waals surface area contributed by atoms with Crippen LogP contribution in [0.25, 0.3) is 0 Å². The predicted molar refractivity (Wildman–Crippen MR) is 68.0 cm³/mol. The second-order valence-electron chi connectivity index (χ2n) is 6.58. The van der Waals surface area contributed by atoms with Gasteiger partial charge in [-0.3, -0.25) is 0 Å². The Morgan fingerprint density at radius 1 is 1.18 bits per heavy atom. The highest BCUT2D eigenvalue weighted by Gasteiger charge is 2.58. The lowest BCUT2D eigenvalue weighted by Crippen LogP contribution is -2.51. The zero-order valence-corrected chi connectivity index (χ0v) is 11.4. The van der Waals surface area contributed by atoms with E-state index in [0.717, 1.165) is 12.3 Å². The molecule has 98 valence electrons. The lowest BCUT2D eigenvalue weighted by Gasteiger charge is -2.45. The van der Waals surface area contributed by atoms with E-state index in [2.05, 4.69) is 20.8 Å². The largest absolute Gasteiger partial charge is 0.372 e. The molecule has 0 aromatic carbocycles. The van der Waals surface area contributed by atoms with Gasteiger partial charge in [0.15, 0.2) is 0 Å². The molecule has 2 saturated heterocycles. The molecule has 0 radical (unpaired) electrons. The maximum Gasteiger partial charge on any atom is 0.0974 e. The van der Waals surface area contributed by atoms with Crippen molar-refractivity contribution in [2.24, 2.45) is 11.8 Å². The summed E-state index contributed by atoms with van der Waals surface area (Å²) in [5, 5.41) is 0. The highest BCUT2D eigenvalue weighted by Crippen LogP contribution is 2.52. The molecule has 2 nitrogen and oxygen atoms in total. The summed E-state index contributed by atoms with van der Waals surface area (Å²) in [5.41, 5.74) is 0.0919. The molecule has 17 heavy (non-hydrogen) atoms. The Bertz CT molecular complexity index is 291. The van der Waals surface area contributed by atoms with Crippen LogP contribution < -0.4 is 0 Å². The monoisotopic (exact) mass is 238 g/mol.